The quantitative estimate of drug-likeness (QED) is 0.717. The third-order valence-electron chi connectivity index (χ3n) is 2.90. The predicted octanol–water partition coefficient (Wildman–Crippen LogP) is 4.18. The summed E-state index contributed by atoms with van der Waals surface area (Å²) in [6, 6.07) is 16.5. The number of aryl methyl sites for hydroxylation is 1. The van der Waals surface area contributed by atoms with E-state index in [1.807, 2.05) is 24.3 Å². The molecule has 2 heteroatoms. The summed E-state index contributed by atoms with van der Waals surface area (Å²) < 4.78 is 0. The molecule has 2 nitrogen and oxygen atoms in total. The SMILES string of the molecule is CCc1ccc(-c2ccc(CN=O)cc2)cc1. The molecule has 0 saturated carbocycles. The van der Waals surface area contributed by atoms with Crippen molar-refractivity contribution in [2.24, 2.45) is 5.18 Å². The Morgan fingerprint density at radius 3 is 1.71 bits per heavy atom. The Labute approximate surface area is 101 Å². The second-order valence-electron chi connectivity index (χ2n) is 4.03. The van der Waals surface area contributed by atoms with Crippen LogP contribution in [0, 0.1) is 4.91 Å². The Hall–Kier alpha value is -1.96. The third kappa shape index (κ3) is 2.78. The summed E-state index contributed by atoms with van der Waals surface area (Å²) in [5, 5.41) is 2.88. The molecule has 0 aliphatic rings. The first-order valence-corrected chi connectivity index (χ1v) is 5.81. The molecule has 86 valence electrons. The lowest BCUT2D eigenvalue weighted by Gasteiger charge is -2.04. The standard InChI is InChI=1S/C15H15NO/c1-2-12-3-7-14(8-4-12)15-9-5-13(6-10-15)11-16-17/h3-10H,2,11H2,1H3. The molecule has 0 N–H and O–H groups in total. The molecule has 0 bridgehead atoms. The van der Waals surface area contributed by atoms with Gasteiger partial charge in [-0.2, -0.15) is 4.91 Å². The zero-order valence-electron chi connectivity index (χ0n) is 9.89. The van der Waals surface area contributed by atoms with Gasteiger partial charge in [-0.3, -0.25) is 0 Å². The van der Waals surface area contributed by atoms with Gasteiger partial charge in [0.2, 0.25) is 0 Å². The lowest BCUT2D eigenvalue weighted by atomic mass is 10.0. The van der Waals surface area contributed by atoms with Crippen molar-refractivity contribution in [3.05, 3.63) is 64.6 Å². The molecule has 0 aliphatic heterocycles. The maximum absolute atomic E-state index is 10.1. The van der Waals surface area contributed by atoms with Gasteiger partial charge >= 0.3 is 0 Å². The van der Waals surface area contributed by atoms with Crippen molar-refractivity contribution >= 4 is 0 Å². The van der Waals surface area contributed by atoms with Crippen LogP contribution in [-0.4, -0.2) is 0 Å². The topological polar surface area (TPSA) is 29.4 Å². The summed E-state index contributed by atoms with van der Waals surface area (Å²) in [5.74, 6) is 0. The van der Waals surface area contributed by atoms with Crippen LogP contribution in [-0.2, 0) is 13.0 Å². The van der Waals surface area contributed by atoms with E-state index in [1.165, 1.54) is 16.7 Å². The molecule has 2 rings (SSSR count). The van der Waals surface area contributed by atoms with Crippen molar-refractivity contribution in [1.29, 1.82) is 0 Å². The molecule has 0 aromatic heterocycles. The average molecular weight is 225 g/mol. The van der Waals surface area contributed by atoms with Crippen LogP contribution >= 0.6 is 0 Å². The first-order valence-electron chi connectivity index (χ1n) is 5.81. The highest BCUT2D eigenvalue weighted by Gasteiger charge is 1.98. The average Bonchev–Trinajstić information content (AvgIpc) is 2.40. The number of rotatable bonds is 4. The number of nitroso groups, excluding NO2 is 1. The molecule has 0 radical (unpaired) electrons. The van der Waals surface area contributed by atoms with E-state index >= 15 is 0 Å². The van der Waals surface area contributed by atoms with E-state index in [2.05, 4.69) is 36.4 Å². The van der Waals surface area contributed by atoms with Gasteiger partial charge in [-0.05, 0) is 28.7 Å². The smallest absolute Gasteiger partial charge is 0.106 e. The largest absolute Gasteiger partial charge is 0.150 e. The molecular formula is C15H15NO. The molecule has 0 spiro atoms. The van der Waals surface area contributed by atoms with Gasteiger partial charge < -0.3 is 0 Å². The van der Waals surface area contributed by atoms with E-state index in [1.54, 1.807) is 0 Å². The van der Waals surface area contributed by atoms with E-state index in [0.29, 0.717) is 0 Å². The predicted molar refractivity (Wildman–Crippen MR) is 70.8 cm³/mol. The molecule has 17 heavy (non-hydrogen) atoms. The number of hydrogen-bond acceptors (Lipinski definition) is 2. The number of hydrogen-bond donors (Lipinski definition) is 0. The molecular weight excluding hydrogens is 210 g/mol. The minimum atomic E-state index is 0.245. The minimum Gasteiger partial charge on any atom is -0.150 e. The van der Waals surface area contributed by atoms with Crippen LogP contribution in [0.2, 0.25) is 0 Å². The second-order valence-corrected chi connectivity index (χ2v) is 4.03. The van der Waals surface area contributed by atoms with Crippen molar-refractivity contribution in [3.8, 4) is 11.1 Å². The molecule has 0 saturated heterocycles. The molecule has 2 aromatic rings. The van der Waals surface area contributed by atoms with Crippen LogP contribution in [0.25, 0.3) is 11.1 Å². The summed E-state index contributed by atoms with van der Waals surface area (Å²) in [6.45, 7) is 2.39. The zero-order valence-corrected chi connectivity index (χ0v) is 9.89. The van der Waals surface area contributed by atoms with Gasteiger partial charge in [0.1, 0.15) is 6.54 Å². The molecule has 0 fully saturated rings. The second kappa shape index (κ2) is 5.39. The first kappa shape index (κ1) is 11.5. The minimum absolute atomic E-state index is 0.245. The summed E-state index contributed by atoms with van der Waals surface area (Å²) in [5.41, 5.74) is 4.67. The van der Waals surface area contributed by atoms with Crippen molar-refractivity contribution in [1.82, 2.24) is 0 Å². The van der Waals surface area contributed by atoms with E-state index in [9.17, 15) is 4.91 Å². The maximum atomic E-state index is 10.1. The van der Waals surface area contributed by atoms with Crippen LogP contribution in [0.15, 0.2) is 53.7 Å². The molecule has 0 aliphatic carbocycles. The third-order valence-corrected chi connectivity index (χ3v) is 2.90. The van der Waals surface area contributed by atoms with E-state index in [4.69, 9.17) is 0 Å². The fraction of sp³-hybridized carbons (Fsp3) is 0.200. The summed E-state index contributed by atoms with van der Waals surface area (Å²) in [4.78, 5) is 10.1. The Morgan fingerprint density at radius 2 is 1.29 bits per heavy atom. The van der Waals surface area contributed by atoms with Gasteiger partial charge in [0, 0.05) is 0 Å². The fourth-order valence-corrected chi connectivity index (χ4v) is 1.81. The Morgan fingerprint density at radius 1 is 0.824 bits per heavy atom. The van der Waals surface area contributed by atoms with Gasteiger partial charge in [-0.15, -0.1) is 0 Å². The van der Waals surface area contributed by atoms with Gasteiger partial charge in [0.25, 0.3) is 0 Å². The highest BCUT2D eigenvalue weighted by molar-refractivity contribution is 5.63. The van der Waals surface area contributed by atoms with Crippen LogP contribution in [0.5, 0.6) is 0 Å². The lowest BCUT2D eigenvalue weighted by molar-refractivity contribution is 1.06. The number of nitrogens with zero attached hydrogens (tertiary/aromatic N) is 1. The van der Waals surface area contributed by atoms with E-state index < -0.39 is 0 Å². The van der Waals surface area contributed by atoms with Crippen molar-refractivity contribution in [2.75, 3.05) is 0 Å². The molecule has 2 aromatic carbocycles. The summed E-state index contributed by atoms with van der Waals surface area (Å²) in [6.07, 6.45) is 1.06. The molecule has 0 amide bonds. The van der Waals surface area contributed by atoms with Crippen molar-refractivity contribution < 1.29 is 0 Å². The summed E-state index contributed by atoms with van der Waals surface area (Å²) >= 11 is 0. The highest BCUT2D eigenvalue weighted by Crippen LogP contribution is 2.20. The lowest BCUT2D eigenvalue weighted by Crippen LogP contribution is -1.83. The Balaban J connectivity index is 2.23. The zero-order chi connectivity index (χ0) is 12.1. The van der Waals surface area contributed by atoms with Crippen LogP contribution in [0.1, 0.15) is 18.1 Å². The normalized spacial score (nSPS) is 10.2. The Bertz CT molecular complexity index is 485. The van der Waals surface area contributed by atoms with E-state index in [0.717, 1.165) is 12.0 Å². The molecule has 0 atom stereocenters. The van der Waals surface area contributed by atoms with Crippen molar-refractivity contribution in [3.63, 3.8) is 0 Å². The maximum Gasteiger partial charge on any atom is 0.106 e. The molecule has 0 heterocycles. The fourth-order valence-electron chi connectivity index (χ4n) is 1.81. The van der Waals surface area contributed by atoms with Gasteiger partial charge in [0.05, 0.1) is 0 Å². The van der Waals surface area contributed by atoms with Gasteiger partial charge in [-0.25, -0.2) is 0 Å². The van der Waals surface area contributed by atoms with Crippen molar-refractivity contribution in [2.45, 2.75) is 19.9 Å². The number of benzene rings is 2. The van der Waals surface area contributed by atoms with Crippen LogP contribution in [0.3, 0.4) is 0 Å². The van der Waals surface area contributed by atoms with Gasteiger partial charge in [-0.1, -0.05) is 60.6 Å². The monoisotopic (exact) mass is 225 g/mol. The van der Waals surface area contributed by atoms with E-state index in [-0.39, 0.29) is 6.54 Å². The van der Waals surface area contributed by atoms with Crippen LogP contribution < -0.4 is 0 Å². The van der Waals surface area contributed by atoms with Crippen LogP contribution in [0.4, 0.5) is 0 Å². The first-order chi connectivity index (χ1) is 8.33. The molecule has 0 unspecified atom stereocenters. The highest BCUT2D eigenvalue weighted by atomic mass is 16.3. The Kier molecular flexibility index (Phi) is 3.66. The van der Waals surface area contributed by atoms with Gasteiger partial charge in [0.15, 0.2) is 0 Å². The summed E-state index contributed by atoms with van der Waals surface area (Å²) in [7, 11) is 0.